The van der Waals surface area contributed by atoms with Gasteiger partial charge in [0.2, 0.25) is 5.91 Å². The van der Waals surface area contributed by atoms with Crippen LogP contribution in [0.15, 0.2) is 24.3 Å². The summed E-state index contributed by atoms with van der Waals surface area (Å²) in [5, 5.41) is 2.92. The highest BCUT2D eigenvalue weighted by Crippen LogP contribution is 2.40. The third kappa shape index (κ3) is 3.14. The number of hydrogen-bond donors (Lipinski definition) is 1. The first-order valence-electron chi connectivity index (χ1n) is 7.69. The number of benzene rings is 1. The normalized spacial score (nSPS) is 28.2. The summed E-state index contributed by atoms with van der Waals surface area (Å²) in [6.45, 7) is 0.416. The van der Waals surface area contributed by atoms with Crippen LogP contribution >= 0.6 is 0 Å². The summed E-state index contributed by atoms with van der Waals surface area (Å²) in [5.41, 5.74) is 0.886. The second-order valence-electron chi connectivity index (χ2n) is 6.24. The Morgan fingerprint density at radius 2 is 1.76 bits per heavy atom. The van der Waals surface area contributed by atoms with Gasteiger partial charge < -0.3 is 5.32 Å². The van der Waals surface area contributed by atoms with Crippen LogP contribution in [0.4, 0.5) is 4.39 Å². The Balaban J connectivity index is 1.56. The van der Waals surface area contributed by atoms with E-state index in [4.69, 9.17) is 0 Å². The molecule has 2 aliphatic rings. The predicted molar refractivity (Wildman–Crippen MR) is 76.8 cm³/mol. The highest BCUT2D eigenvalue weighted by atomic mass is 19.1. The molecule has 1 amide bonds. The van der Waals surface area contributed by atoms with Crippen molar-refractivity contribution in [3.8, 4) is 0 Å². The lowest BCUT2D eigenvalue weighted by Gasteiger charge is -2.36. The number of carbonyl (C=O) groups is 2. The van der Waals surface area contributed by atoms with Crippen LogP contribution in [0, 0.1) is 23.6 Å². The topological polar surface area (TPSA) is 46.2 Å². The van der Waals surface area contributed by atoms with Gasteiger partial charge >= 0.3 is 0 Å². The zero-order valence-electron chi connectivity index (χ0n) is 12.0. The molecule has 0 aliphatic heterocycles. The average Bonchev–Trinajstić information content (AvgIpc) is 2.46. The molecule has 0 heterocycles. The maximum atomic E-state index is 12.8. The zero-order valence-corrected chi connectivity index (χ0v) is 12.0. The summed E-state index contributed by atoms with van der Waals surface area (Å²) in [7, 11) is 0. The molecule has 21 heavy (non-hydrogen) atoms. The molecule has 3 rings (SSSR count). The molecule has 0 unspecified atom stereocenters. The van der Waals surface area contributed by atoms with Crippen LogP contribution in [0.25, 0.3) is 0 Å². The summed E-state index contributed by atoms with van der Waals surface area (Å²) in [4.78, 5) is 24.3. The molecular weight excluding hydrogens is 269 g/mol. The number of carbonyl (C=O) groups excluding carboxylic acids is 2. The number of hydrogen-bond acceptors (Lipinski definition) is 2. The van der Waals surface area contributed by atoms with Gasteiger partial charge in [-0.15, -0.1) is 0 Å². The van der Waals surface area contributed by atoms with Gasteiger partial charge in [0.05, 0.1) is 0 Å². The van der Waals surface area contributed by atoms with Crippen LogP contribution in [-0.4, -0.2) is 11.7 Å². The van der Waals surface area contributed by atoms with Crippen molar-refractivity contribution in [2.45, 2.75) is 38.6 Å². The first-order valence-corrected chi connectivity index (χ1v) is 7.69. The van der Waals surface area contributed by atoms with Crippen LogP contribution in [0.3, 0.4) is 0 Å². The number of ketones is 1. The van der Waals surface area contributed by atoms with Crippen LogP contribution in [-0.2, 0) is 16.1 Å². The molecule has 0 aromatic heterocycles. The molecule has 112 valence electrons. The van der Waals surface area contributed by atoms with Crippen molar-refractivity contribution in [2.24, 2.45) is 17.8 Å². The van der Waals surface area contributed by atoms with Crippen LogP contribution in [0.2, 0.25) is 0 Å². The summed E-state index contributed by atoms with van der Waals surface area (Å²) < 4.78 is 12.8. The molecular formula is C17H20FNO2. The van der Waals surface area contributed by atoms with E-state index in [1.807, 2.05) is 0 Å². The molecule has 0 saturated heterocycles. The molecule has 2 aliphatic carbocycles. The molecule has 2 saturated carbocycles. The van der Waals surface area contributed by atoms with Crippen molar-refractivity contribution in [1.82, 2.24) is 5.32 Å². The van der Waals surface area contributed by atoms with Gasteiger partial charge in [-0.25, -0.2) is 4.39 Å². The Bertz CT molecular complexity index is 524. The highest BCUT2D eigenvalue weighted by molar-refractivity contribution is 5.88. The van der Waals surface area contributed by atoms with E-state index in [1.54, 1.807) is 12.1 Å². The average molecular weight is 289 g/mol. The smallest absolute Gasteiger partial charge is 0.223 e. The van der Waals surface area contributed by atoms with Crippen LogP contribution in [0.1, 0.15) is 37.7 Å². The summed E-state index contributed by atoms with van der Waals surface area (Å²) in [6.07, 6.45) is 4.40. The van der Waals surface area contributed by atoms with Crippen molar-refractivity contribution < 1.29 is 14.0 Å². The van der Waals surface area contributed by atoms with Crippen molar-refractivity contribution >= 4 is 11.7 Å². The first-order chi connectivity index (χ1) is 10.1. The second-order valence-corrected chi connectivity index (χ2v) is 6.24. The van der Waals surface area contributed by atoms with E-state index in [1.165, 1.54) is 12.1 Å². The molecule has 0 spiro atoms. The van der Waals surface area contributed by atoms with Gasteiger partial charge in [-0.1, -0.05) is 18.6 Å². The monoisotopic (exact) mass is 289 g/mol. The van der Waals surface area contributed by atoms with E-state index in [0.717, 1.165) is 24.8 Å². The lowest BCUT2D eigenvalue weighted by Crippen LogP contribution is -2.42. The van der Waals surface area contributed by atoms with Gasteiger partial charge in [-0.05, 0) is 43.4 Å². The lowest BCUT2D eigenvalue weighted by atomic mass is 9.67. The number of Topliss-reactive ketones (excluding diaryl/α,β-unsaturated/α-hetero) is 1. The fourth-order valence-electron chi connectivity index (χ4n) is 3.63. The third-order valence-corrected chi connectivity index (χ3v) is 4.80. The molecule has 1 aromatic carbocycles. The van der Waals surface area contributed by atoms with E-state index in [0.29, 0.717) is 25.2 Å². The first kappa shape index (κ1) is 14.2. The molecule has 4 heteroatoms. The molecule has 0 radical (unpaired) electrons. The zero-order chi connectivity index (χ0) is 14.8. The molecule has 1 aromatic rings. The predicted octanol–water partition coefficient (Wildman–Crippen LogP) is 2.84. The standard InChI is InChI=1S/C17H20FNO2/c18-15-6-4-11(5-7-15)10-19-17(21)14-8-12-2-1-3-13(9-14)16(12)20/h4-7,12-14H,1-3,8-10H2,(H,19,21)/t12-,13-/m0/s1. The molecule has 3 nitrogen and oxygen atoms in total. The van der Waals surface area contributed by atoms with Gasteiger partial charge in [0.1, 0.15) is 11.6 Å². The summed E-state index contributed by atoms with van der Waals surface area (Å²) in [6, 6.07) is 6.14. The maximum Gasteiger partial charge on any atom is 0.223 e. The SMILES string of the molecule is O=C(NCc1ccc(F)cc1)C1C[C@@H]2CCC[C@@H](C1)C2=O. The molecule has 1 N–H and O–H groups in total. The van der Waals surface area contributed by atoms with Gasteiger partial charge in [-0.3, -0.25) is 9.59 Å². The van der Waals surface area contributed by atoms with E-state index < -0.39 is 0 Å². The Kier molecular flexibility index (Phi) is 4.04. The number of amides is 1. The van der Waals surface area contributed by atoms with Gasteiger partial charge in [0.15, 0.2) is 0 Å². The molecule has 2 atom stereocenters. The number of halogens is 1. The van der Waals surface area contributed by atoms with Crippen molar-refractivity contribution in [3.05, 3.63) is 35.6 Å². The number of rotatable bonds is 3. The maximum absolute atomic E-state index is 12.8. The van der Waals surface area contributed by atoms with Gasteiger partial charge in [0.25, 0.3) is 0 Å². The highest BCUT2D eigenvalue weighted by Gasteiger charge is 2.41. The minimum absolute atomic E-state index is 0.0312. The Morgan fingerprint density at radius 1 is 1.14 bits per heavy atom. The quantitative estimate of drug-likeness (QED) is 0.930. The van der Waals surface area contributed by atoms with Crippen molar-refractivity contribution in [2.75, 3.05) is 0 Å². The van der Waals surface area contributed by atoms with Crippen LogP contribution in [0.5, 0.6) is 0 Å². The Labute approximate surface area is 123 Å². The van der Waals surface area contributed by atoms with E-state index >= 15 is 0 Å². The van der Waals surface area contributed by atoms with Gasteiger partial charge in [0, 0.05) is 24.3 Å². The largest absolute Gasteiger partial charge is 0.352 e. The van der Waals surface area contributed by atoms with E-state index in [-0.39, 0.29) is 29.5 Å². The molecule has 2 bridgehead atoms. The minimum Gasteiger partial charge on any atom is -0.352 e. The van der Waals surface area contributed by atoms with E-state index in [2.05, 4.69) is 5.32 Å². The summed E-state index contributed by atoms with van der Waals surface area (Å²) >= 11 is 0. The fraction of sp³-hybridized carbons (Fsp3) is 0.529. The Hall–Kier alpha value is -1.71. The van der Waals surface area contributed by atoms with E-state index in [9.17, 15) is 14.0 Å². The number of nitrogens with one attached hydrogen (secondary N) is 1. The fourth-order valence-corrected chi connectivity index (χ4v) is 3.63. The molecule has 2 fully saturated rings. The lowest BCUT2D eigenvalue weighted by molar-refractivity contribution is -0.137. The van der Waals surface area contributed by atoms with Crippen LogP contribution < -0.4 is 5.32 Å². The Morgan fingerprint density at radius 3 is 2.38 bits per heavy atom. The second kappa shape index (κ2) is 5.96. The van der Waals surface area contributed by atoms with Crippen molar-refractivity contribution in [3.63, 3.8) is 0 Å². The number of fused-ring (bicyclic) bond motifs is 2. The van der Waals surface area contributed by atoms with Crippen molar-refractivity contribution in [1.29, 1.82) is 0 Å². The third-order valence-electron chi connectivity index (χ3n) is 4.80. The van der Waals surface area contributed by atoms with Gasteiger partial charge in [-0.2, -0.15) is 0 Å². The summed E-state index contributed by atoms with van der Waals surface area (Å²) in [5.74, 6) is 0.285. The minimum atomic E-state index is -0.274.